The molecule has 10 heteroatoms. The standard InChI is InChI=1S/C11H14N4O5S/c12-10-13-8-7(9(19)14-10)21-11(20)15(8)4-1-3(2-16)5(17)6(4)18/h3-6,16-18H,1-2H2,(H3,12,13,14,19). The largest absolute Gasteiger partial charge is 0.396 e. The quantitative estimate of drug-likeness (QED) is 0.429. The summed E-state index contributed by atoms with van der Waals surface area (Å²) in [6.45, 7) is -0.304. The first-order valence-electron chi connectivity index (χ1n) is 6.32. The maximum Gasteiger partial charge on any atom is 0.309 e. The van der Waals surface area contributed by atoms with Gasteiger partial charge in [0, 0.05) is 12.5 Å². The number of nitrogens with zero attached hydrogens (tertiary/aromatic N) is 2. The third-order valence-electron chi connectivity index (χ3n) is 3.83. The van der Waals surface area contributed by atoms with Crippen molar-refractivity contribution in [2.75, 3.05) is 12.3 Å². The third kappa shape index (κ3) is 2.07. The molecule has 4 unspecified atom stereocenters. The lowest BCUT2D eigenvalue weighted by Gasteiger charge is -2.17. The van der Waals surface area contributed by atoms with Crippen molar-refractivity contribution in [2.45, 2.75) is 24.7 Å². The molecule has 0 bridgehead atoms. The van der Waals surface area contributed by atoms with Crippen LogP contribution in [0, 0.1) is 5.92 Å². The van der Waals surface area contributed by atoms with Gasteiger partial charge in [-0.1, -0.05) is 11.3 Å². The Kier molecular flexibility index (Phi) is 3.32. The molecule has 0 amide bonds. The number of fused-ring (bicyclic) bond motifs is 1. The number of hydrogen-bond acceptors (Lipinski definition) is 8. The van der Waals surface area contributed by atoms with Gasteiger partial charge < -0.3 is 21.1 Å². The predicted molar refractivity (Wildman–Crippen MR) is 75.2 cm³/mol. The molecule has 0 aromatic carbocycles. The molecule has 1 aliphatic carbocycles. The smallest absolute Gasteiger partial charge is 0.309 e. The minimum absolute atomic E-state index is 0.0843. The summed E-state index contributed by atoms with van der Waals surface area (Å²) < 4.78 is 1.29. The van der Waals surface area contributed by atoms with Gasteiger partial charge in [-0.05, 0) is 6.42 Å². The summed E-state index contributed by atoms with van der Waals surface area (Å²) in [5.41, 5.74) is 5.05. The monoisotopic (exact) mass is 314 g/mol. The van der Waals surface area contributed by atoms with Crippen molar-refractivity contribution in [1.29, 1.82) is 0 Å². The van der Waals surface area contributed by atoms with E-state index in [1.807, 2.05) is 0 Å². The van der Waals surface area contributed by atoms with E-state index in [2.05, 4.69) is 9.97 Å². The van der Waals surface area contributed by atoms with Crippen molar-refractivity contribution >= 4 is 27.6 Å². The number of aliphatic hydroxyl groups is 3. The second-order valence-corrected chi connectivity index (χ2v) is 6.03. The molecule has 4 atom stereocenters. The summed E-state index contributed by atoms with van der Waals surface area (Å²) >= 11 is 0.703. The van der Waals surface area contributed by atoms with Crippen molar-refractivity contribution in [3.63, 3.8) is 0 Å². The number of nitrogens with one attached hydrogen (secondary N) is 1. The summed E-state index contributed by atoms with van der Waals surface area (Å²) in [4.78, 5) is 29.7. The Morgan fingerprint density at radius 1 is 1.38 bits per heavy atom. The van der Waals surface area contributed by atoms with Gasteiger partial charge in [0.25, 0.3) is 5.56 Å². The highest BCUT2D eigenvalue weighted by Crippen LogP contribution is 2.36. The number of thiazole rings is 1. The molecule has 2 aromatic rings. The van der Waals surface area contributed by atoms with Gasteiger partial charge in [-0.3, -0.25) is 19.1 Å². The van der Waals surface area contributed by atoms with Crippen LogP contribution in [-0.2, 0) is 0 Å². The van der Waals surface area contributed by atoms with Crippen LogP contribution in [0.4, 0.5) is 5.95 Å². The lowest BCUT2D eigenvalue weighted by Crippen LogP contribution is -2.33. The van der Waals surface area contributed by atoms with Crippen LogP contribution in [0.5, 0.6) is 0 Å². The zero-order valence-electron chi connectivity index (χ0n) is 10.8. The maximum absolute atomic E-state index is 12.1. The summed E-state index contributed by atoms with van der Waals surface area (Å²) in [6, 6.07) is -0.757. The third-order valence-corrected chi connectivity index (χ3v) is 4.77. The molecule has 1 fully saturated rings. The summed E-state index contributed by atoms with van der Waals surface area (Å²) in [6.07, 6.45) is -2.15. The zero-order valence-corrected chi connectivity index (χ0v) is 11.6. The fraction of sp³-hybridized carbons (Fsp3) is 0.545. The van der Waals surface area contributed by atoms with Crippen LogP contribution >= 0.6 is 11.3 Å². The first kappa shape index (κ1) is 14.2. The van der Waals surface area contributed by atoms with Crippen LogP contribution < -0.4 is 16.2 Å². The van der Waals surface area contributed by atoms with Gasteiger partial charge in [0.1, 0.15) is 10.8 Å². The number of hydrogen-bond donors (Lipinski definition) is 5. The van der Waals surface area contributed by atoms with Crippen molar-refractivity contribution in [1.82, 2.24) is 14.5 Å². The zero-order chi connectivity index (χ0) is 15.3. The second-order valence-electron chi connectivity index (χ2n) is 5.07. The highest BCUT2D eigenvalue weighted by atomic mass is 32.1. The van der Waals surface area contributed by atoms with E-state index >= 15 is 0 Å². The topological polar surface area (TPSA) is 154 Å². The molecule has 0 saturated heterocycles. The second kappa shape index (κ2) is 4.91. The molecule has 21 heavy (non-hydrogen) atoms. The Balaban J connectivity index is 2.20. The molecule has 9 nitrogen and oxygen atoms in total. The lowest BCUT2D eigenvalue weighted by molar-refractivity contribution is -0.00386. The first-order chi connectivity index (χ1) is 9.93. The van der Waals surface area contributed by atoms with E-state index in [9.17, 15) is 24.9 Å². The number of nitrogens with two attached hydrogens (primary N) is 1. The van der Waals surface area contributed by atoms with Crippen LogP contribution in [-0.4, -0.2) is 48.7 Å². The number of rotatable bonds is 2. The summed E-state index contributed by atoms with van der Waals surface area (Å²) in [7, 11) is 0. The predicted octanol–water partition coefficient (Wildman–Crippen LogP) is -2.00. The first-order valence-corrected chi connectivity index (χ1v) is 7.13. The SMILES string of the molecule is Nc1nc2c(sc(=O)n2C2CC(CO)C(O)C2O)c(=O)[nH]1. The van der Waals surface area contributed by atoms with Gasteiger partial charge in [-0.2, -0.15) is 4.98 Å². The maximum atomic E-state index is 12.1. The van der Waals surface area contributed by atoms with E-state index in [0.29, 0.717) is 11.3 Å². The van der Waals surface area contributed by atoms with Crippen LogP contribution in [0.15, 0.2) is 9.59 Å². The highest BCUT2D eigenvalue weighted by Gasteiger charge is 2.43. The van der Waals surface area contributed by atoms with Crippen LogP contribution in [0.25, 0.3) is 10.3 Å². The number of aliphatic hydroxyl groups excluding tert-OH is 3. The van der Waals surface area contributed by atoms with E-state index in [0.717, 1.165) is 0 Å². The highest BCUT2D eigenvalue weighted by molar-refractivity contribution is 7.16. The van der Waals surface area contributed by atoms with Crippen molar-refractivity contribution in [2.24, 2.45) is 5.92 Å². The average Bonchev–Trinajstić information content (AvgIpc) is 2.89. The minimum atomic E-state index is -1.22. The van der Waals surface area contributed by atoms with Gasteiger partial charge in [0.15, 0.2) is 5.65 Å². The fourth-order valence-corrected chi connectivity index (χ4v) is 3.65. The Labute approximate surface area is 121 Å². The number of aromatic amines is 1. The van der Waals surface area contributed by atoms with Gasteiger partial charge in [0.05, 0.1) is 12.1 Å². The number of aromatic nitrogens is 3. The molecule has 3 rings (SSSR count). The van der Waals surface area contributed by atoms with Gasteiger partial charge >= 0.3 is 4.87 Å². The summed E-state index contributed by atoms with van der Waals surface area (Å²) in [5, 5.41) is 29.1. The van der Waals surface area contributed by atoms with E-state index in [-0.39, 0.29) is 29.3 Å². The Hall–Kier alpha value is -1.75. The summed E-state index contributed by atoms with van der Waals surface area (Å²) in [5.74, 6) is -0.669. The fourth-order valence-electron chi connectivity index (χ4n) is 2.77. The number of nitrogen functional groups attached to an aromatic ring is 1. The van der Waals surface area contributed by atoms with Crippen LogP contribution in [0.1, 0.15) is 12.5 Å². The molecular formula is C11H14N4O5S. The van der Waals surface area contributed by atoms with Gasteiger partial charge in [-0.25, -0.2) is 0 Å². The molecule has 114 valence electrons. The van der Waals surface area contributed by atoms with Gasteiger partial charge in [0.2, 0.25) is 5.95 Å². The van der Waals surface area contributed by atoms with Gasteiger partial charge in [-0.15, -0.1) is 0 Å². The number of H-pyrrole nitrogens is 1. The molecule has 6 N–H and O–H groups in total. The molecule has 0 radical (unpaired) electrons. The molecule has 1 saturated carbocycles. The lowest BCUT2D eigenvalue weighted by atomic mass is 10.1. The van der Waals surface area contributed by atoms with E-state index in [4.69, 9.17) is 5.73 Å². The molecule has 0 spiro atoms. The molecule has 2 heterocycles. The normalized spacial score (nSPS) is 29.3. The molecular weight excluding hydrogens is 300 g/mol. The van der Waals surface area contributed by atoms with Crippen LogP contribution in [0.2, 0.25) is 0 Å². The van der Waals surface area contributed by atoms with Crippen molar-refractivity contribution in [3.05, 3.63) is 20.0 Å². The van der Waals surface area contributed by atoms with Crippen molar-refractivity contribution in [3.8, 4) is 0 Å². The molecule has 0 aliphatic heterocycles. The average molecular weight is 314 g/mol. The Morgan fingerprint density at radius 2 is 2.10 bits per heavy atom. The Morgan fingerprint density at radius 3 is 2.71 bits per heavy atom. The van der Waals surface area contributed by atoms with E-state index < -0.39 is 34.6 Å². The minimum Gasteiger partial charge on any atom is -0.396 e. The molecule has 2 aromatic heterocycles. The van der Waals surface area contributed by atoms with Crippen LogP contribution in [0.3, 0.4) is 0 Å². The Bertz CT molecular complexity index is 796. The van der Waals surface area contributed by atoms with E-state index in [1.165, 1.54) is 4.57 Å². The van der Waals surface area contributed by atoms with E-state index in [1.54, 1.807) is 0 Å². The van der Waals surface area contributed by atoms with Crippen molar-refractivity contribution < 1.29 is 15.3 Å². The number of anilines is 1. The molecule has 1 aliphatic rings.